The molecular weight excluding hydrogens is 370 g/mol. The summed E-state index contributed by atoms with van der Waals surface area (Å²) in [5, 5.41) is 0. The van der Waals surface area contributed by atoms with E-state index in [1.807, 2.05) is 36.4 Å². The van der Waals surface area contributed by atoms with Crippen LogP contribution in [0, 0.1) is 0 Å². The van der Waals surface area contributed by atoms with Crippen LogP contribution in [0.15, 0.2) is 87.2 Å². The van der Waals surface area contributed by atoms with E-state index >= 15 is 0 Å². The Morgan fingerprint density at radius 3 is 2.54 bits per heavy atom. The fourth-order valence-electron chi connectivity index (χ4n) is 2.71. The van der Waals surface area contributed by atoms with Crippen molar-refractivity contribution in [2.75, 3.05) is 0 Å². The van der Waals surface area contributed by atoms with Crippen LogP contribution in [0.2, 0.25) is 0 Å². The lowest BCUT2D eigenvalue weighted by atomic mass is 10.0. The van der Waals surface area contributed by atoms with E-state index in [0.717, 1.165) is 23.8 Å². The first-order chi connectivity index (χ1) is 13.3. The zero-order valence-electron chi connectivity index (χ0n) is 15.0. The lowest BCUT2D eigenvalue weighted by Gasteiger charge is -2.13. The summed E-state index contributed by atoms with van der Waals surface area (Å²) in [6.45, 7) is 1.80. The number of hydrogen-bond donors (Lipinski definition) is 0. The Balaban J connectivity index is 1.85. The van der Waals surface area contributed by atoms with E-state index in [0.29, 0.717) is 5.70 Å². The molecule has 1 heterocycles. The molecule has 0 amide bonds. The maximum atomic E-state index is 13.7. The topological polar surface area (TPSA) is 25.5 Å². The molecule has 1 aliphatic carbocycles. The van der Waals surface area contributed by atoms with Gasteiger partial charge in [0.2, 0.25) is 0 Å². The molecule has 0 aliphatic heterocycles. The monoisotopic (exact) mass is 387 g/mol. The second kappa shape index (κ2) is 8.25. The van der Waals surface area contributed by atoms with Gasteiger partial charge in [0.1, 0.15) is 17.3 Å². The number of benzene rings is 1. The smallest absolute Gasteiger partial charge is 0.416 e. The second-order valence-corrected chi connectivity index (χ2v) is 6.15. The first kappa shape index (κ1) is 19.6. The minimum Gasteiger partial charge on any atom is -0.455 e. The summed E-state index contributed by atoms with van der Waals surface area (Å²) in [5.41, 5.74) is 0.412. The Morgan fingerprint density at radius 2 is 1.82 bits per heavy atom. The van der Waals surface area contributed by atoms with E-state index in [4.69, 9.17) is 4.42 Å². The fraction of sp³-hybridized carbons (Fsp3) is 0.136. The number of furan rings is 1. The number of halogens is 4. The summed E-state index contributed by atoms with van der Waals surface area (Å²) in [7, 11) is 0. The van der Waals surface area contributed by atoms with E-state index in [1.165, 1.54) is 18.3 Å². The van der Waals surface area contributed by atoms with Gasteiger partial charge < -0.3 is 4.42 Å². The van der Waals surface area contributed by atoms with Gasteiger partial charge in [-0.2, -0.15) is 13.2 Å². The highest BCUT2D eigenvalue weighted by molar-refractivity contribution is 5.83. The molecule has 2 aromatic rings. The summed E-state index contributed by atoms with van der Waals surface area (Å²) in [6, 6.07) is 12.4. The largest absolute Gasteiger partial charge is 0.455 e. The Morgan fingerprint density at radius 1 is 1.07 bits per heavy atom. The van der Waals surface area contributed by atoms with Gasteiger partial charge in [-0.15, -0.1) is 0 Å². The Bertz CT molecular complexity index is 989. The molecule has 0 spiro atoms. The second-order valence-electron chi connectivity index (χ2n) is 6.15. The molecule has 28 heavy (non-hydrogen) atoms. The van der Waals surface area contributed by atoms with E-state index in [2.05, 4.69) is 4.99 Å². The molecule has 0 N–H and O–H groups in total. The molecule has 0 fully saturated rings. The molecule has 1 aromatic heterocycles. The average molecular weight is 387 g/mol. The van der Waals surface area contributed by atoms with Crippen LogP contribution in [0.1, 0.15) is 30.4 Å². The van der Waals surface area contributed by atoms with Crippen LogP contribution in [0.25, 0.3) is 11.6 Å². The molecule has 1 aromatic carbocycles. The summed E-state index contributed by atoms with van der Waals surface area (Å²) in [4.78, 5) is 4.25. The van der Waals surface area contributed by atoms with Gasteiger partial charge >= 0.3 is 6.18 Å². The molecule has 0 bridgehead atoms. The van der Waals surface area contributed by atoms with Crippen molar-refractivity contribution in [3.05, 3.63) is 94.9 Å². The molecular formula is C22H17F4NO. The van der Waals surface area contributed by atoms with Gasteiger partial charge in [0.05, 0.1) is 11.8 Å². The van der Waals surface area contributed by atoms with Crippen LogP contribution in [0.4, 0.5) is 17.6 Å². The van der Waals surface area contributed by atoms with Crippen LogP contribution in [0.5, 0.6) is 0 Å². The van der Waals surface area contributed by atoms with Gasteiger partial charge in [-0.3, -0.25) is 4.99 Å². The molecule has 2 nitrogen and oxygen atoms in total. The molecule has 1 aliphatic rings. The summed E-state index contributed by atoms with van der Waals surface area (Å²) >= 11 is 0. The third-order valence-electron chi connectivity index (χ3n) is 3.98. The molecule has 0 saturated heterocycles. The first-order valence-corrected chi connectivity index (χ1v) is 8.55. The third-order valence-corrected chi connectivity index (χ3v) is 3.98. The Kier molecular flexibility index (Phi) is 5.78. The quantitative estimate of drug-likeness (QED) is 0.414. The minimum absolute atomic E-state index is 0.0693. The van der Waals surface area contributed by atoms with Gasteiger partial charge in [-0.05, 0) is 49.3 Å². The summed E-state index contributed by atoms with van der Waals surface area (Å²) < 4.78 is 59.2. The van der Waals surface area contributed by atoms with Gasteiger partial charge in [-0.25, -0.2) is 4.39 Å². The number of allylic oxidation sites excluding steroid dienone is 7. The highest BCUT2D eigenvalue weighted by atomic mass is 19.4. The van der Waals surface area contributed by atoms with Crippen LogP contribution in [-0.4, -0.2) is 12.4 Å². The van der Waals surface area contributed by atoms with Crippen molar-refractivity contribution >= 4 is 17.9 Å². The zero-order chi connectivity index (χ0) is 20.1. The zero-order valence-corrected chi connectivity index (χ0v) is 15.0. The van der Waals surface area contributed by atoms with Crippen molar-refractivity contribution < 1.29 is 22.0 Å². The van der Waals surface area contributed by atoms with Gasteiger partial charge in [0, 0.05) is 11.3 Å². The van der Waals surface area contributed by atoms with E-state index in [-0.39, 0.29) is 23.5 Å². The first-order valence-electron chi connectivity index (χ1n) is 8.55. The minimum atomic E-state index is -4.61. The predicted octanol–water partition coefficient (Wildman–Crippen LogP) is 6.89. The van der Waals surface area contributed by atoms with Crippen molar-refractivity contribution in [1.82, 2.24) is 0 Å². The van der Waals surface area contributed by atoms with E-state index < -0.39 is 17.6 Å². The van der Waals surface area contributed by atoms with Crippen molar-refractivity contribution in [2.24, 2.45) is 4.99 Å². The molecule has 6 heteroatoms. The highest BCUT2D eigenvalue weighted by Gasteiger charge is 2.37. The van der Waals surface area contributed by atoms with Crippen LogP contribution in [0.3, 0.4) is 0 Å². The Labute approximate surface area is 159 Å². The standard InChI is InChI=1S/C22H17F4NO/c1-15(12-16-6-3-2-4-7-16)27-14-18-10-11-21(28-18)19-13-17(23)8-5-9-20(19)22(24,25)26/h2-4,6-14H,5H2,1H3/b15-12+,27-14?. The van der Waals surface area contributed by atoms with Crippen molar-refractivity contribution in [3.8, 4) is 0 Å². The molecule has 0 unspecified atom stereocenters. The van der Waals surface area contributed by atoms with Crippen molar-refractivity contribution in [2.45, 2.75) is 19.5 Å². The molecule has 0 radical (unpaired) electrons. The molecule has 144 valence electrons. The maximum absolute atomic E-state index is 13.7. The molecule has 0 saturated carbocycles. The lowest BCUT2D eigenvalue weighted by molar-refractivity contribution is -0.0873. The normalized spacial score (nSPS) is 15.9. The van der Waals surface area contributed by atoms with Gasteiger partial charge in [0.15, 0.2) is 0 Å². The highest BCUT2D eigenvalue weighted by Crippen LogP contribution is 2.39. The molecule has 0 atom stereocenters. The van der Waals surface area contributed by atoms with Crippen LogP contribution in [-0.2, 0) is 0 Å². The van der Waals surface area contributed by atoms with Crippen molar-refractivity contribution in [3.63, 3.8) is 0 Å². The van der Waals surface area contributed by atoms with E-state index in [9.17, 15) is 17.6 Å². The Hall–Kier alpha value is -3.15. The van der Waals surface area contributed by atoms with Crippen LogP contribution < -0.4 is 0 Å². The number of alkyl halides is 3. The average Bonchev–Trinajstić information content (AvgIpc) is 3.01. The number of hydrogen-bond acceptors (Lipinski definition) is 2. The third kappa shape index (κ3) is 4.97. The lowest BCUT2D eigenvalue weighted by Crippen LogP contribution is -2.13. The van der Waals surface area contributed by atoms with Gasteiger partial charge in [-0.1, -0.05) is 36.4 Å². The summed E-state index contributed by atoms with van der Waals surface area (Å²) in [5.74, 6) is -0.536. The van der Waals surface area contributed by atoms with E-state index in [1.54, 1.807) is 6.92 Å². The van der Waals surface area contributed by atoms with Crippen LogP contribution >= 0.6 is 0 Å². The SMILES string of the molecule is C/C(=C\c1ccccc1)N=Cc1ccc(C2=CC(F)=CCC=C2C(F)(F)F)o1. The van der Waals surface area contributed by atoms with Crippen molar-refractivity contribution in [1.29, 1.82) is 0 Å². The fourth-order valence-corrected chi connectivity index (χ4v) is 2.71. The number of rotatable bonds is 4. The van der Waals surface area contributed by atoms with Gasteiger partial charge in [0.25, 0.3) is 0 Å². The number of nitrogens with zero attached hydrogens (tertiary/aromatic N) is 1. The number of aliphatic imine (C=N–C) groups is 1. The summed E-state index contributed by atoms with van der Waals surface area (Å²) in [6.07, 6.45) is 1.40. The maximum Gasteiger partial charge on any atom is 0.416 e. The molecule has 3 rings (SSSR count). The predicted molar refractivity (Wildman–Crippen MR) is 102 cm³/mol.